The fourth-order valence-corrected chi connectivity index (χ4v) is 4.54. The molecule has 0 aliphatic carbocycles. The molecule has 0 aromatic heterocycles. The summed E-state index contributed by atoms with van der Waals surface area (Å²) in [6.45, 7) is 5.21. The number of hydrogen-bond donors (Lipinski definition) is 0. The quantitative estimate of drug-likeness (QED) is 0.813. The highest BCUT2D eigenvalue weighted by Crippen LogP contribution is 2.19. The topological polar surface area (TPSA) is 64.4 Å². The molecule has 0 spiro atoms. The molecular formula is C20H23N3O2S. The van der Waals surface area contributed by atoms with Crippen molar-refractivity contribution in [3.8, 4) is 6.07 Å². The van der Waals surface area contributed by atoms with Crippen molar-refractivity contribution in [2.45, 2.75) is 24.8 Å². The van der Waals surface area contributed by atoms with Crippen LogP contribution in [-0.4, -0.2) is 43.8 Å². The summed E-state index contributed by atoms with van der Waals surface area (Å²) in [7, 11) is -3.42. The van der Waals surface area contributed by atoms with E-state index in [1.54, 1.807) is 16.4 Å². The van der Waals surface area contributed by atoms with Crippen molar-refractivity contribution in [1.82, 2.24) is 9.21 Å². The summed E-state index contributed by atoms with van der Waals surface area (Å²) in [5.74, 6) is 0. The molecule has 1 fully saturated rings. The van der Waals surface area contributed by atoms with Gasteiger partial charge in [0.1, 0.15) is 0 Å². The van der Waals surface area contributed by atoms with Gasteiger partial charge in [-0.15, -0.1) is 0 Å². The summed E-state index contributed by atoms with van der Waals surface area (Å²) in [5, 5.41) is 8.86. The van der Waals surface area contributed by atoms with Gasteiger partial charge < -0.3 is 0 Å². The van der Waals surface area contributed by atoms with Crippen LogP contribution in [0, 0.1) is 11.3 Å². The highest BCUT2D eigenvalue weighted by atomic mass is 32.2. The third kappa shape index (κ3) is 4.13. The largest absolute Gasteiger partial charge is 0.296 e. The Morgan fingerprint density at radius 1 is 0.923 bits per heavy atom. The molecule has 0 N–H and O–H groups in total. The van der Waals surface area contributed by atoms with E-state index in [0.29, 0.717) is 36.6 Å². The average Bonchev–Trinajstić information content (AvgIpc) is 2.69. The minimum atomic E-state index is -3.42. The molecule has 0 bridgehead atoms. The third-order valence-electron chi connectivity index (χ3n) is 4.79. The zero-order chi connectivity index (χ0) is 18.6. The summed E-state index contributed by atoms with van der Waals surface area (Å²) >= 11 is 0. The van der Waals surface area contributed by atoms with Gasteiger partial charge >= 0.3 is 0 Å². The molecular weight excluding hydrogens is 346 g/mol. The fraction of sp³-hybridized carbons (Fsp3) is 0.350. The number of nitriles is 1. The van der Waals surface area contributed by atoms with Crippen LogP contribution in [0.4, 0.5) is 0 Å². The van der Waals surface area contributed by atoms with Crippen LogP contribution in [0.25, 0.3) is 0 Å². The van der Waals surface area contributed by atoms with E-state index in [0.717, 1.165) is 24.1 Å². The van der Waals surface area contributed by atoms with Gasteiger partial charge in [-0.25, -0.2) is 8.42 Å². The van der Waals surface area contributed by atoms with E-state index in [4.69, 9.17) is 5.26 Å². The van der Waals surface area contributed by atoms with Gasteiger partial charge in [0.25, 0.3) is 0 Å². The van der Waals surface area contributed by atoms with Crippen molar-refractivity contribution in [1.29, 1.82) is 5.26 Å². The molecule has 0 unspecified atom stereocenters. The minimum Gasteiger partial charge on any atom is -0.296 e. The second kappa shape index (κ2) is 8.00. The number of piperazine rings is 1. The monoisotopic (exact) mass is 369 g/mol. The number of sulfonamides is 1. The van der Waals surface area contributed by atoms with Gasteiger partial charge in [0.15, 0.2) is 0 Å². The lowest BCUT2D eigenvalue weighted by Crippen LogP contribution is -2.48. The maximum Gasteiger partial charge on any atom is 0.243 e. The molecule has 5 nitrogen and oxygen atoms in total. The summed E-state index contributed by atoms with van der Waals surface area (Å²) in [4.78, 5) is 2.61. The van der Waals surface area contributed by atoms with E-state index in [-0.39, 0.29) is 0 Å². The lowest BCUT2D eigenvalue weighted by Gasteiger charge is -2.34. The molecule has 1 aliphatic rings. The second-order valence-electron chi connectivity index (χ2n) is 6.49. The maximum atomic E-state index is 12.8. The van der Waals surface area contributed by atoms with Crippen molar-refractivity contribution in [3.63, 3.8) is 0 Å². The number of rotatable bonds is 5. The molecule has 3 rings (SSSR count). The molecule has 2 aromatic carbocycles. The van der Waals surface area contributed by atoms with E-state index >= 15 is 0 Å². The summed E-state index contributed by atoms with van der Waals surface area (Å²) in [6.07, 6.45) is 0.897. The Morgan fingerprint density at radius 2 is 1.50 bits per heavy atom. The predicted octanol–water partition coefficient (Wildman–Crippen LogP) is 2.63. The molecule has 0 radical (unpaired) electrons. The van der Waals surface area contributed by atoms with Gasteiger partial charge in [-0.2, -0.15) is 9.57 Å². The zero-order valence-corrected chi connectivity index (χ0v) is 15.7. The molecule has 26 heavy (non-hydrogen) atoms. The van der Waals surface area contributed by atoms with Crippen molar-refractivity contribution < 1.29 is 8.42 Å². The molecule has 0 saturated carbocycles. The lowest BCUT2D eigenvalue weighted by molar-refractivity contribution is 0.181. The van der Waals surface area contributed by atoms with Crippen molar-refractivity contribution in [2.75, 3.05) is 26.2 Å². The highest BCUT2D eigenvalue weighted by Gasteiger charge is 2.28. The molecule has 1 heterocycles. The fourth-order valence-electron chi connectivity index (χ4n) is 3.12. The van der Waals surface area contributed by atoms with Gasteiger partial charge in [0.05, 0.1) is 16.5 Å². The first-order valence-corrected chi connectivity index (χ1v) is 10.3. The second-order valence-corrected chi connectivity index (χ2v) is 8.42. The van der Waals surface area contributed by atoms with E-state index in [1.165, 1.54) is 0 Å². The number of aryl methyl sites for hydroxylation is 1. The first-order chi connectivity index (χ1) is 12.5. The lowest BCUT2D eigenvalue weighted by atomic mass is 10.1. The minimum absolute atomic E-state index is 0.371. The Balaban J connectivity index is 1.60. The van der Waals surface area contributed by atoms with E-state index in [9.17, 15) is 8.42 Å². The van der Waals surface area contributed by atoms with Crippen molar-refractivity contribution >= 4 is 10.0 Å². The Morgan fingerprint density at radius 3 is 2.04 bits per heavy atom. The third-order valence-corrected chi connectivity index (χ3v) is 6.70. The van der Waals surface area contributed by atoms with Crippen LogP contribution in [0.15, 0.2) is 53.4 Å². The van der Waals surface area contributed by atoms with E-state index < -0.39 is 10.0 Å². The Kier molecular flexibility index (Phi) is 5.72. The van der Waals surface area contributed by atoms with Crippen LogP contribution in [-0.2, 0) is 23.0 Å². The maximum absolute atomic E-state index is 12.8. The van der Waals surface area contributed by atoms with E-state index in [1.807, 2.05) is 36.4 Å². The van der Waals surface area contributed by atoms with Crippen molar-refractivity contribution in [3.05, 3.63) is 65.2 Å². The van der Waals surface area contributed by atoms with Gasteiger partial charge in [0, 0.05) is 32.7 Å². The molecule has 0 atom stereocenters. The van der Waals surface area contributed by atoms with Gasteiger partial charge in [-0.1, -0.05) is 31.2 Å². The summed E-state index contributed by atoms with van der Waals surface area (Å²) in [6, 6.07) is 16.8. The Bertz CT molecular complexity index is 876. The molecule has 1 saturated heterocycles. The smallest absolute Gasteiger partial charge is 0.243 e. The van der Waals surface area contributed by atoms with Crippen LogP contribution in [0.5, 0.6) is 0 Å². The predicted molar refractivity (Wildman–Crippen MR) is 101 cm³/mol. The molecule has 136 valence electrons. The normalized spacial score (nSPS) is 16.3. The highest BCUT2D eigenvalue weighted by molar-refractivity contribution is 7.89. The first kappa shape index (κ1) is 18.6. The summed E-state index contributed by atoms with van der Waals surface area (Å²) in [5.41, 5.74) is 2.92. The molecule has 1 aliphatic heterocycles. The molecule has 6 heteroatoms. The van der Waals surface area contributed by atoms with Gasteiger partial charge in [-0.3, -0.25) is 4.90 Å². The number of hydrogen-bond acceptors (Lipinski definition) is 4. The Labute approximate surface area is 155 Å². The Hall–Kier alpha value is -2.20. The SMILES string of the molecule is CCc1ccc(S(=O)(=O)N2CCN(Cc3ccc(C#N)cc3)CC2)cc1. The average molecular weight is 369 g/mol. The molecule has 2 aromatic rings. The first-order valence-electron chi connectivity index (χ1n) is 8.83. The number of benzene rings is 2. The van der Waals surface area contributed by atoms with E-state index in [2.05, 4.69) is 17.9 Å². The number of nitrogens with zero attached hydrogens (tertiary/aromatic N) is 3. The molecule has 0 amide bonds. The van der Waals surface area contributed by atoms with Crippen LogP contribution < -0.4 is 0 Å². The van der Waals surface area contributed by atoms with Crippen molar-refractivity contribution in [2.24, 2.45) is 0 Å². The van der Waals surface area contributed by atoms with Crippen LogP contribution in [0.3, 0.4) is 0 Å². The van der Waals surface area contributed by atoms with Gasteiger partial charge in [-0.05, 0) is 41.8 Å². The van der Waals surface area contributed by atoms with Crippen LogP contribution in [0.2, 0.25) is 0 Å². The zero-order valence-electron chi connectivity index (χ0n) is 14.9. The van der Waals surface area contributed by atoms with Crippen LogP contribution in [0.1, 0.15) is 23.6 Å². The van der Waals surface area contributed by atoms with Crippen LogP contribution >= 0.6 is 0 Å². The standard InChI is InChI=1S/C20H23N3O2S/c1-2-17-7-9-20(10-8-17)26(24,25)23-13-11-22(12-14-23)16-19-5-3-18(15-21)4-6-19/h3-10H,2,11-14,16H2,1H3. The van der Waals surface area contributed by atoms with Gasteiger partial charge in [0.2, 0.25) is 10.0 Å². The summed E-state index contributed by atoms with van der Waals surface area (Å²) < 4.78 is 27.2.